The topological polar surface area (TPSA) is 76.0 Å². The van der Waals surface area contributed by atoms with E-state index >= 15 is 0 Å². The highest BCUT2D eigenvalue weighted by Gasteiger charge is 2.12. The highest BCUT2D eigenvalue weighted by molar-refractivity contribution is 5.98. The Morgan fingerprint density at radius 1 is 1.17 bits per heavy atom. The van der Waals surface area contributed by atoms with E-state index in [1.54, 1.807) is 10.8 Å². The molecule has 2 amide bonds. The van der Waals surface area contributed by atoms with Gasteiger partial charge in [-0.05, 0) is 32.4 Å². The van der Waals surface area contributed by atoms with Gasteiger partial charge in [0.2, 0.25) is 11.8 Å². The maximum atomic E-state index is 12.0. The second kappa shape index (κ2) is 7.59. The van der Waals surface area contributed by atoms with Crippen molar-refractivity contribution in [3.63, 3.8) is 0 Å². The van der Waals surface area contributed by atoms with Gasteiger partial charge >= 0.3 is 0 Å². The number of carbonyl (C=O) groups is 2. The zero-order chi connectivity index (χ0) is 17.7. The number of nitrogens with one attached hydrogen (secondary N) is 2. The molecule has 0 aliphatic rings. The van der Waals surface area contributed by atoms with Crippen molar-refractivity contribution in [2.24, 2.45) is 7.05 Å². The molecule has 6 heteroatoms. The third-order valence-electron chi connectivity index (χ3n) is 3.70. The molecule has 0 aliphatic carbocycles. The lowest BCUT2D eigenvalue weighted by Crippen LogP contribution is -2.31. The van der Waals surface area contributed by atoms with Crippen LogP contribution in [0.4, 0.5) is 5.69 Å². The Kier molecular flexibility index (Phi) is 5.52. The minimum absolute atomic E-state index is 0.0924. The minimum atomic E-state index is -0.314. The van der Waals surface area contributed by atoms with E-state index in [-0.39, 0.29) is 18.4 Å². The van der Waals surface area contributed by atoms with Crippen molar-refractivity contribution in [2.45, 2.75) is 20.8 Å². The Bertz CT molecular complexity index is 773. The first-order valence-corrected chi connectivity index (χ1v) is 7.69. The molecule has 2 N–H and O–H groups in total. The van der Waals surface area contributed by atoms with Crippen LogP contribution in [0.5, 0.6) is 0 Å². The fraction of sp³-hybridized carbons (Fsp3) is 0.278. The molecule has 2 aromatic rings. The predicted molar refractivity (Wildman–Crippen MR) is 94.5 cm³/mol. The van der Waals surface area contributed by atoms with E-state index in [2.05, 4.69) is 15.7 Å². The van der Waals surface area contributed by atoms with Crippen LogP contribution < -0.4 is 10.6 Å². The molecule has 0 saturated heterocycles. The van der Waals surface area contributed by atoms with E-state index in [9.17, 15) is 9.59 Å². The molecule has 24 heavy (non-hydrogen) atoms. The van der Waals surface area contributed by atoms with Gasteiger partial charge < -0.3 is 10.6 Å². The molecule has 1 aromatic carbocycles. The van der Waals surface area contributed by atoms with E-state index in [0.29, 0.717) is 5.69 Å². The summed E-state index contributed by atoms with van der Waals surface area (Å²) in [5, 5.41) is 9.57. The maximum absolute atomic E-state index is 12.0. The van der Waals surface area contributed by atoms with Crippen molar-refractivity contribution in [2.75, 3.05) is 11.9 Å². The molecule has 1 heterocycles. The van der Waals surface area contributed by atoms with Gasteiger partial charge in [-0.25, -0.2) is 0 Å². The molecule has 0 spiro atoms. The summed E-state index contributed by atoms with van der Waals surface area (Å²) in [7, 11) is 1.82. The summed E-state index contributed by atoms with van der Waals surface area (Å²) in [5.41, 5.74) is 4.39. The number of aryl methyl sites for hydroxylation is 3. The van der Waals surface area contributed by atoms with Crippen LogP contribution in [0.25, 0.3) is 6.08 Å². The molecule has 0 bridgehead atoms. The second-order valence-corrected chi connectivity index (χ2v) is 5.68. The highest BCUT2D eigenvalue weighted by atomic mass is 16.2. The van der Waals surface area contributed by atoms with E-state index in [1.807, 2.05) is 52.1 Å². The zero-order valence-corrected chi connectivity index (χ0v) is 14.4. The summed E-state index contributed by atoms with van der Waals surface area (Å²) in [5.74, 6) is -0.600. The van der Waals surface area contributed by atoms with Crippen LogP contribution in [0.1, 0.15) is 22.5 Å². The van der Waals surface area contributed by atoms with Crippen molar-refractivity contribution >= 4 is 23.6 Å². The van der Waals surface area contributed by atoms with Gasteiger partial charge in [0.05, 0.1) is 23.6 Å². The Balaban J connectivity index is 1.85. The fourth-order valence-electron chi connectivity index (χ4n) is 2.21. The Labute approximate surface area is 141 Å². The number of hydrogen-bond donors (Lipinski definition) is 2. The van der Waals surface area contributed by atoms with Crippen LogP contribution >= 0.6 is 0 Å². The van der Waals surface area contributed by atoms with Gasteiger partial charge in [0.25, 0.3) is 0 Å². The summed E-state index contributed by atoms with van der Waals surface area (Å²) in [6.45, 7) is 5.61. The molecular formula is C18H22N4O2. The third-order valence-corrected chi connectivity index (χ3v) is 3.70. The minimum Gasteiger partial charge on any atom is -0.343 e. The molecule has 0 radical (unpaired) electrons. The smallest absolute Gasteiger partial charge is 0.244 e. The number of hydrogen-bond acceptors (Lipinski definition) is 3. The molecule has 0 unspecified atom stereocenters. The van der Waals surface area contributed by atoms with Gasteiger partial charge in [-0.2, -0.15) is 5.10 Å². The Hall–Kier alpha value is -2.89. The monoisotopic (exact) mass is 326 g/mol. The van der Waals surface area contributed by atoms with E-state index < -0.39 is 0 Å². The lowest BCUT2D eigenvalue weighted by molar-refractivity contribution is -0.121. The summed E-state index contributed by atoms with van der Waals surface area (Å²) < 4.78 is 1.70. The molecular weight excluding hydrogens is 304 g/mol. The number of rotatable bonds is 5. The molecule has 0 atom stereocenters. The zero-order valence-electron chi connectivity index (χ0n) is 14.4. The van der Waals surface area contributed by atoms with Crippen LogP contribution in [0.2, 0.25) is 0 Å². The summed E-state index contributed by atoms with van der Waals surface area (Å²) in [6.07, 6.45) is 3.13. The third kappa shape index (κ3) is 4.55. The molecule has 6 nitrogen and oxygen atoms in total. The number of benzene rings is 1. The first kappa shape index (κ1) is 17.5. The van der Waals surface area contributed by atoms with Crippen molar-refractivity contribution in [1.82, 2.24) is 15.1 Å². The van der Waals surface area contributed by atoms with Gasteiger partial charge in [0.15, 0.2) is 0 Å². The lowest BCUT2D eigenvalue weighted by atomic mass is 10.1. The van der Waals surface area contributed by atoms with Gasteiger partial charge in [-0.15, -0.1) is 0 Å². The number of carbonyl (C=O) groups excluding carboxylic acids is 2. The lowest BCUT2D eigenvalue weighted by Gasteiger charge is -2.06. The highest BCUT2D eigenvalue weighted by Crippen LogP contribution is 2.17. The normalized spacial score (nSPS) is 10.8. The predicted octanol–water partition coefficient (Wildman–Crippen LogP) is 2.11. The summed E-state index contributed by atoms with van der Waals surface area (Å²) in [6, 6.07) is 7.81. The number of anilines is 1. The van der Waals surface area contributed by atoms with Gasteiger partial charge in [-0.3, -0.25) is 14.3 Å². The molecule has 126 valence electrons. The number of aromatic nitrogens is 2. The van der Waals surface area contributed by atoms with Crippen LogP contribution in [0.15, 0.2) is 30.3 Å². The quantitative estimate of drug-likeness (QED) is 0.826. The molecule has 0 aliphatic heterocycles. The fourth-order valence-corrected chi connectivity index (χ4v) is 2.21. The molecule has 0 saturated carbocycles. The largest absolute Gasteiger partial charge is 0.343 e. The van der Waals surface area contributed by atoms with Crippen LogP contribution in [-0.4, -0.2) is 28.1 Å². The number of nitrogens with zero attached hydrogens (tertiary/aromatic N) is 2. The van der Waals surface area contributed by atoms with Crippen LogP contribution in [-0.2, 0) is 16.6 Å². The Morgan fingerprint density at radius 2 is 1.83 bits per heavy atom. The SMILES string of the molecule is Cc1ccc(/C=C/C(=O)NCC(=O)Nc2c(C)nn(C)c2C)cc1. The van der Waals surface area contributed by atoms with E-state index in [0.717, 1.165) is 22.5 Å². The Morgan fingerprint density at radius 3 is 2.42 bits per heavy atom. The second-order valence-electron chi connectivity index (χ2n) is 5.68. The van der Waals surface area contributed by atoms with E-state index in [1.165, 1.54) is 6.08 Å². The molecule has 2 rings (SSSR count). The molecule has 0 fully saturated rings. The van der Waals surface area contributed by atoms with Gasteiger partial charge in [-0.1, -0.05) is 29.8 Å². The number of amides is 2. The van der Waals surface area contributed by atoms with E-state index in [4.69, 9.17) is 0 Å². The first-order chi connectivity index (χ1) is 11.4. The van der Waals surface area contributed by atoms with Crippen molar-refractivity contribution in [3.8, 4) is 0 Å². The standard InChI is InChI=1S/C18H22N4O2/c1-12-5-7-15(8-6-12)9-10-16(23)19-11-17(24)20-18-13(2)21-22(4)14(18)3/h5-10H,11H2,1-4H3,(H,19,23)(H,20,24)/b10-9+. The average molecular weight is 326 g/mol. The average Bonchev–Trinajstić information content (AvgIpc) is 2.78. The first-order valence-electron chi connectivity index (χ1n) is 7.69. The van der Waals surface area contributed by atoms with Gasteiger partial charge in [0, 0.05) is 13.1 Å². The van der Waals surface area contributed by atoms with Crippen molar-refractivity contribution < 1.29 is 9.59 Å². The van der Waals surface area contributed by atoms with Crippen LogP contribution in [0.3, 0.4) is 0 Å². The van der Waals surface area contributed by atoms with Crippen molar-refractivity contribution in [1.29, 1.82) is 0 Å². The van der Waals surface area contributed by atoms with Crippen LogP contribution in [0, 0.1) is 20.8 Å². The maximum Gasteiger partial charge on any atom is 0.244 e. The van der Waals surface area contributed by atoms with Gasteiger partial charge in [0.1, 0.15) is 0 Å². The van der Waals surface area contributed by atoms with Crippen molar-refractivity contribution in [3.05, 3.63) is 52.9 Å². The molecule has 1 aromatic heterocycles. The summed E-state index contributed by atoms with van der Waals surface area (Å²) in [4.78, 5) is 23.7. The summed E-state index contributed by atoms with van der Waals surface area (Å²) >= 11 is 0.